The minimum absolute atomic E-state index is 0.0755. The molecular weight excluding hydrogens is 334 g/mol. The lowest BCUT2D eigenvalue weighted by molar-refractivity contribution is 0.0623. The summed E-state index contributed by atoms with van der Waals surface area (Å²) in [5.41, 5.74) is 7.81. The van der Waals surface area contributed by atoms with E-state index < -0.39 is 0 Å². The number of piperidine rings is 1. The number of benzene rings is 1. The maximum Gasteiger partial charge on any atom is 0.266 e. The van der Waals surface area contributed by atoms with E-state index in [4.69, 9.17) is 10.5 Å². The number of hydrogen-bond donors (Lipinski definition) is 1. The van der Waals surface area contributed by atoms with Crippen molar-refractivity contribution < 1.29 is 9.53 Å². The van der Waals surface area contributed by atoms with Crippen molar-refractivity contribution in [3.05, 3.63) is 34.8 Å². The first kappa shape index (κ1) is 17.9. The van der Waals surface area contributed by atoms with Crippen molar-refractivity contribution in [2.24, 2.45) is 5.73 Å². The van der Waals surface area contributed by atoms with Crippen LogP contribution in [0, 0.1) is 6.92 Å². The number of thiazole rings is 1. The molecule has 1 aromatic carbocycles. The van der Waals surface area contributed by atoms with Crippen LogP contribution in [0.3, 0.4) is 0 Å². The lowest BCUT2D eigenvalue weighted by atomic mass is 9.99. The fraction of sp³-hybridized carbons (Fsp3) is 0.474. The van der Waals surface area contributed by atoms with E-state index in [2.05, 4.69) is 11.9 Å². The molecule has 3 rings (SSSR count). The summed E-state index contributed by atoms with van der Waals surface area (Å²) in [6.45, 7) is 7.30. The van der Waals surface area contributed by atoms with Gasteiger partial charge in [0.1, 0.15) is 15.6 Å². The number of aromatic nitrogens is 1. The van der Waals surface area contributed by atoms with Crippen molar-refractivity contribution in [1.29, 1.82) is 0 Å². The number of hydrogen-bond acceptors (Lipinski definition) is 5. The first-order valence-corrected chi connectivity index (χ1v) is 9.58. The third kappa shape index (κ3) is 3.85. The Morgan fingerprint density at radius 1 is 1.40 bits per heavy atom. The first-order chi connectivity index (χ1) is 12.0. The van der Waals surface area contributed by atoms with Gasteiger partial charge in [-0.1, -0.05) is 0 Å². The highest BCUT2D eigenvalue weighted by Crippen LogP contribution is 2.31. The average molecular weight is 359 g/mol. The molecule has 1 saturated heterocycles. The maximum atomic E-state index is 13.0. The van der Waals surface area contributed by atoms with E-state index in [0.717, 1.165) is 46.3 Å². The Morgan fingerprint density at radius 2 is 2.12 bits per heavy atom. The summed E-state index contributed by atoms with van der Waals surface area (Å²) in [4.78, 5) is 20.2. The minimum Gasteiger partial charge on any atom is -0.494 e. The van der Waals surface area contributed by atoms with Crippen LogP contribution in [-0.2, 0) is 0 Å². The van der Waals surface area contributed by atoms with Crippen molar-refractivity contribution in [3.8, 4) is 16.3 Å². The topological polar surface area (TPSA) is 68.5 Å². The fourth-order valence-electron chi connectivity index (χ4n) is 3.22. The number of nitrogens with two attached hydrogens (primary N) is 1. The zero-order valence-electron chi connectivity index (χ0n) is 15.0. The Morgan fingerprint density at radius 3 is 2.76 bits per heavy atom. The molecule has 0 unspecified atom stereocenters. The number of rotatable bonds is 4. The molecule has 6 heteroatoms. The number of ether oxygens (including phenoxy) is 1. The highest BCUT2D eigenvalue weighted by Gasteiger charge is 2.30. The van der Waals surface area contributed by atoms with Gasteiger partial charge in [-0.2, -0.15) is 0 Å². The van der Waals surface area contributed by atoms with E-state index in [1.165, 1.54) is 11.3 Å². The summed E-state index contributed by atoms with van der Waals surface area (Å²) < 4.78 is 5.48. The van der Waals surface area contributed by atoms with Crippen LogP contribution in [0.4, 0.5) is 0 Å². The zero-order chi connectivity index (χ0) is 18.0. The number of amides is 1. The SMILES string of the molecule is CCOc1ccc(-c2nc(C)c(C(=O)N3CC[C@@H](N)C[C@H]3C)s2)cc1. The van der Waals surface area contributed by atoms with E-state index in [9.17, 15) is 4.79 Å². The Bertz CT molecular complexity index is 742. The lowest BCUT2D eigenvalue weighted by Crippen LogP contribution is -2.48. The van der Waals surface area contributed by atoms with Crippen molar-refractivity contribution in [3.63, 3.8) is 0 Å². The third-order valence-corrected chi connectivity index (χ3v) is 5.78. The van der Waals surface area contributed by atoms with E-state index >= 15 is 0 Å². The van der Waals surface area contributed by atoms with Crippen molar-refractivity contribution in [2.45, 2.75) is 45.7 Å². The molecule has 1 fully saturated rings. The first-order valence-electron chi connectivity index (χ1n) is 8.76. The quantitative estimate of drug-likeness (QED) is 0.907. The summed E-state index contributed by atoms with van der Waals surface area (Å²) in [7, 11) is 0. The zero-order valence-corrected chi connectivity index (χ0v) is 15.8. The monoisotopic (exact) mass is 359 g/mol. The molecule has 0 bridgehead atoms. The highest BCUT2D eigenvalue weighted by molar-refractivity contribution is 7.17. The number of carbonyl (C=O) groups is 1. The third-order valence-electron chi connectivity index (χ3n) is 4.58. The van der Waals surface area contributed by atoms with Gasteiger partial charge in [0, 0.05) is 24.2 Å². The van der Waals surface area contributed by atoms with Gasteiger partial charge in [0.15, 0.2) is 0 Å². The Balaban J connectivity index is 1.81. The van der Waals surface area contributed by atoms with Crippen LogP contribution >= 0.6 is 11.3 Å². The Labute approximate surface area is 152 Å². The van der Waals surface area contributed by atoms with Gasteiger partial charge in [0.05, 0.1) is 12.3 Å². The lowest BCUT2D eigenvalue weighted by Gasteiger charge is -2.36. The Kier molecular flexibility index (Phi) is 5.39. The van der Waals surface area contributed by atoms with Gasteiger partial charge in [-0.15, -0.1) is 11.3 Å². The average Bonchev–Trinajstić information content (AvgIpc) is 2.97. The summed E-state index contributed by atoms with van der Waals surface area (Å²) in [5, 5.41) is 0.866. The van der Waals surface area contributed by atoms with Gasteiger partial charge in [-0.25, -0.2) is 4.98 Å². The second-order valence-corrected chi connectivity index (χ2v) is 7.52. The normalized spacial score (nSPS) is 20.6. The van der Waals surface area contributed by atoms with Crippen LogP contribution in [0.5, 0.6) is 5.75 Å². The molecule has 0 aliphatic carbocycles. The summed E-state index contributed by atoms with van der Waals surface area (Å²) in [5.74, 6) is 0.917. The summed E-state index contributed by atoms with van der Waals surface area (Å²) in [6, 6.07) is 8.21. The molecule has 25 heavy (non-hydrogen) atoms. The second kappa shape index (κ2) is 7.54. The predicted octanol–water partition coefficient (Wildman–Crippen LogP) is 3.47. The van der Waals surface area contributed by atoms with E-state index in [1.807, 2.05) is 43.0 Å². The molecule has 1 aliphatic rings. The molecule has 0 radical (unpaired) electrons. The molecule has 1 aliphatic heterocycles. The summed E-state index contributed by atoms with van der Waals surface area (Å²) >= 11 is 1.46. The van der Waals surface area contributed by atoms with E-state index in [-0.39, 0.29) is 18.0 Å². The maximum absolute atomic E-state index is 13.0. The molecule has 0 saturated carbocycles. The smallest absolute Gasteiger partial charge is 0.266 e. The largest absolute Gasteiger partial charge is 0.494 e. The van der Waals surface area contributed by atoms with Gasteiger partial charge >= 0.3 is 0 Å². The molecule has 2 aromatic rings. The Hall–Kier alpha value is -1.92. The molecule has 2 heterocycles. The standard InChI is InChI=1S/C19H25N3O2S/c1-4-24-16-7-5-14(6-8-16)18-21-13(3)17(25-18)19(23)22-10-9-15(20)11-12(22)2/h5-8,12,15H,4,9-11,20H2,1-3H3/t12-,15-/m1/s1. The van der Waals surface area contributed by atoms with Crippen LogP contribution in [0.1, 0.15) is 42.1 Å². The number of aryl methyl sites for hydroxylation is 1. The molecule has 1 aromatic heterocycles. The van der Waals surface area contributed by atoms with Crippen LogP contribution in [0.2, 0.25) is 0 Å². The summed E-state index contributed by atoms with van der Waals surface area (Å²) in [6.07, 6.45) is 1.72. The minimum atomic E-state index is 0.0755. The number of carbonyl (C=O) groups excluding carboxylic acids is 1. The van der Waals surface area contributed by atoms with Gasteiger partial charge in [-0.05, 0) is 57.9 Å². The van der Waals surface area contributed by atoms with Gasteiger partial charge in [0.2, 0.25) is 0 Å². The van der Waals surface area contributed by atoms with Gasteiger partial charge in [0.25, 0.3) is 5.91 Å². The number of nitrogens with zero attached hydrogens (tertiary/aromatic N) is 2. The molecule has 0 spiro atoms. The van der Waals surface area contributed by atoms with Crippen LogP contribution in [0.15, 0.2) is 24.3 Å². The molecule has 2 N–H and O–H groups in total. The van der Waals surface area contributed by atoms with Crippen molar-refractivity contribution >= 4 is 17.2 Å². The number of likely N-dealkylation sites (tertiary alicyclic amines) is 1. The predicted molar refractivity (Wildman–Crippen MR) is 101 cm³/mol. The molecule has 134 valence electrons. The molecule has 5 nitrogen and oxygen atoms in total. The van der Waals surface area contributed by atoms with Crippen LogP contribution in [0.25, 0.3) is 10.6 Å². The fourth-order valence-corrected chi connectivity index (χ4v) is 4.25. The van der Waals surface area contributed by atoms with Gasteiger partial charge < -0.3 is 15.4 Å². The molecular formula is C19H25N3O2S. The molecule has 2 atom stereocenters. The van der Waals surface area contributed by atoms with E-state index in [1.54, 1.807) is 0 Å². The van der Waals surface area contributed by atoms with Crippen LogP contribution < -0.4 is 10.5 Å². The van der Waals surface area contributed by atoms with E-state index in [0.29, 0.717) is 6.61 Å². The van der Waals surface area contributed by atoms with Crippen molar-refractivity contribution in [1.82, 2.24) is 9.88 Å². The highest BCUT2D eigenvalue weighted by atomic mass is 32.1. The van der Waals surface area contributed by atoms with Crippen LogP contribution in [-0.4, -0.2) is 41.0 Å². The second-order valence-electron chi connectivity index (χ2n) is 6.52. The van der Waals surface area contributed by atoms with Gasteiger partial charge in [-0.3, -0.25) is 4.79 Å². The van der Waals surface area contributed by atoms with Crippen molar-refractivity contribution in [2.75, 3.05) is 13.2 Å². The molecule has 1 amide bonds.